The van der Waals surface area contributed by atoms with Gasteiger partial charge in [-0.25, -0.2) is 4.79 Å². The predicted molar refractivity (Wildman–Crippen MR) is 156 cm³/mol. The van der Waals surface area contributed by atoms with Crippen molar-refractivity contribution in [3.63, 3.8) is 0 Å². The first-order valence-electron chi connectivity index (χ1n) is 12.4. The summed E-state index contributed by atoms with van der Waals surface area (Å²) in [4.78, 5) is 12.9. The van der Waals surface area contributed by atoms with Gasteiger partial charge >= 0.3 is 6.09 Å². The number of ether oxygens (including phenoxy) is 1. The van der Waals surface area contributed by atoms with Crippen molar-refractivity contribution in [1.82, 2.24) is 5.32 Å². The van der Waals surface area contributed by atoms with Crippen LogP contribution in [0.5, 0.6) is 0 Å². The molecule has 0 aromatic heterocycles. The van der Waals surface area contributed by atoms with Crippen LogP contribution in [0.15, 0.2) is 102 Å². The fraction of sp³-hybridized carbons (Fsp3) is 0.156. The monoisotopic (exact) mass is 584 g/mol. The van der Waals surface area contributed by atoms with Crippen LogP contribution in [0.25, 0.3) is 0 Å². The SMILES string of the molecule is O=C(N[C@H]1C[C@@H](c2ccc(Br)cc2)Nc2c(CC#Cc3ccccc3)cc(Cl)cc21)OCc1ccccc1. The van der Waals surface area contributed by atoms with Crippen LogP contribution in [0.3, 0.4) is 0 Å². The minimum atomic E-state index is -0.466. The van der Waals surface area contributed by atoms with Crippen molar-refractivity contribution >= 4 is 39.3 Å². The molecule has 1 aliphatic heterocycles. The lowest BCUT2D eigenvalue weighted by atomic mass is 9.87. The summed E-state index contributed by atoms with van der Waals surface area (Å²) in [5, 5.41) is 7.40. The number of rotatable bonds is 5. The largest absolute Gasteiger partial charge is 0.445 e. The normalized spacial score (nSPS) is 15.8. The molecule has 1 aliphatic rings. The maximum absolute atomic E-state index is 12.9. The zero-order chi connectivity index (χ0) is 26.3. The van der Waals surface area contributed by atoms with Gasteiger partial charge in [0.05, 0.1) is 12.1 Å². The van der Waals surface area contributed by atoms with Gasteiger partial charge < -0.3 is 15.4 Å². The maximum atomic E-state index is 12.9. The minimum Gasteiger partial charge on any atom is -0.445 e. The van der Waals surface area contributed by atoms with E-state index in [2.05, 4.69) is 50.5 Å². The quantitative estimate of drug-likeness (QED) is 0.232. The number of halogens is 2. The Balaban J connectivity index is 1.42. The van der Waals surface area contributed by atoms with Gasteiger partial charge in [0.15, 0.2) is 0 Å². The van der Waals surface area contributed by atoms with Crippen LogP contribution in [0.1, 0.15) is 46.3 Å². The Bertz CT molecular complexity index is 1460. The number of hydrogen-bond donors (Lipinski definition) is 2. The third-order valence-corrected chi connectivity index (χ3v) is 7.19. The summed E-state index contributed by atoms with van der Waals surface area (Å²) in [5.41, 5.74) is 5.89. The van der Waals surface area contributed by atoms with Gasteiger partial charge in [-0.15, -0.1) is 0 Å². The van der Waals surface area contributed by atoms with Crippen molar-refractivity contribution in [3.8, 4) is 11.8 Å². The van der Waals surface area contributed by atoms with Crippen molar-refractivity contribution in [1.29, 1.82) is 0 Å². The molecule has 38 heavy (non-hydrogen) atoms. The molecule has 0 unspecified atom stereocenters. The second-order valence-corrected chi connectivity index (χ2v) is 10.5. The summed E-state index contributed by atoms with van der Waals surface area (Å²) in [6, 6.07) is 31.3. The molecule has 0 fully saturated rings. The zero-order valence-corrected chi connectivity index (χ0v) is 22.9. The average molecular weight is 586 g/mol. The van der Waals surface area contributed by atoms with E-state index in [9.17, 15) is 4.79 Å². The number of alkyl carbamates (subject to hydrolysis) is 1. The lowest BCUT2D eigenvalue weighted by molar-refractivity contribution is 0.134. The van der Waals surface area contributed by atoms with Crippen LogP contribution >= 0.6 is 27.5 Å². The topological polar surface area (TPSA) is 50.4 Å². The Hall–Kier alpha value is -3.72. The van der Waals surface area contributed by atoms with Gasteiger partial charge in [-0.05, 0) is 65.1 Å². The number of carbonyl (C=O) groups excluding carboxylic acids is 1. The summed E-state index contributed by atoms with van der Waals surface area (Å²) in [5.74, 6) is 6.51. The molecule has 0 aliphatic carbocycles. The van der Waals surface area contributed by atoms with E-state index in [4.69, 9.17) is 16.3 Å². The van der Waals surface area contributed by atoms with Crippen molar-refractivity contribution in [2.45, 2.75) is 31.5 Å². The number of fused-ring (bicyclic) bond motifs is 1. The number of benzene rings is 4. The molecule has 6 heteroatoms. The Kier molecular flexibility index (Phi) is 8.33. The van der Waals surface area contributed by atoms with Gasteiger partial charge in [0, 0.05) is 27.2 Å². The molecule has 1 amide bonds. The molecule has 190 valence electrons. The van der Waals surface area contributed by atoms with Crippen molar-refractivity contribution < 1.29 is 9.53 Å². The molecule has 0 spiro atoms. The smallest absolute Gasteiger partial charge is 0.407 e. The number of amides is 1. The molecule has 4 aromatic rings. The van der Waals surface area contributed by atoms with E-state index in [1.807, 2.05) is 84.9 Å². The zero-order valence-electron chi connectivity index (χ0n) is 20.6. The van der Waals surface area contributed by atoms with E-state index in [0.717, 1.165) is 38.0 Å². The van der Waals surface area contributed by atoms with Gasteiger partial charge in [0.25, 0.3) is 0 Å². The summed E-state index contributed by atoms with van der Waals surface area (Å²) in [6.07, 6.45) is 0.694. The third kappa shape index (κ3) is 6.58. The third-order valence-electron chi connectivity index (χ3n) is 6.44. The van der Waals surface area contributed by atoms with Crippen LogP contribution in [-0.2, 0) is 17.8 Å². The van der Waals surface area contributed by atoms with Gasteiger partial charge in [-0.3, -0.25) is 0 Å². The minimum absolute atomic E-state index is 0.0166. The van der Waals surface area contributed by atoms with Crippen LogP contribution in [0, 0.1) is 11.8 Å². The summed E-state index contributed by atoms with van der Waals surface area (Å²) in [7, 11) is 0. The van der Waals surface area contributed by atoms with Gasteiger partial charge in [0.1, 0.15) is 6.61 Å². The summed E-state index contributed by atoms with van der Waals surface area (Å²) >= 11 is 10.1. The van der Waals surface area contributed by atoms with Crippen molar-refractivity contribution in [2.24, 2.45) is 0 Å². The van der Waals surface area contributed by atoms with Crippen LogP contribution in [-0.4, -0.2) is 6.09 Å². The summed E-state index contributed by atoms with van der Waals surface area (Å²) in [6.45, 7) is 0.205. The molecule has 0 radical (unpaired) electrons. The Morgan fingerprint density at radius 3 is 2.45 bits per heavy atom. The molecular formula is C32H26BrClN2O2. The average Bonchev–Trinajstić information content (AvgIpc) is 2.94. The number of hydrogen-bond acceptors (Lipinski definition) is 3. The van der Waals surface area contributed by atoms with E-state index in [1.54, 1.807) is 0 Å². The molecule has 0 bridgehead atoms. The highest BCUT2D eigenvalue weighted by Crippen LogP contribution is 2.42. The van der Waals surface area contributed by atoms with Gasteiger partial charge in [0.2, 0.25) is 0 Å². The number of nitrogens with one attached hydrogen (secondary N) is 2. The molecule has 2 N–H and O–H groups in total. The van der Waals surface area contributed by atoms with Crippen LogP contribution < -0.4 is 10.6 Å². The standard InChI is InChI=1S/C32H26BrClN2O2/c33-26-16-14-24(15-17-26)29-20-30(36-32(37)38-21-23-10-5-2-6-11-23)28-19-27(34)18-25(31(28)35-29)13-7-12-22-8-3-1-4-9-22/h1-6,8-11,14-19,29-30,35H,13,20-21H2,(H,36,37)/t29-,30-/m0/s1. The van der Waals surface area contributed by atoms with Crippen molar-refractivity contribution in [2.75, 3.05) is 5.32 Å². The lowest BCUT2D eigenvalue weighted by Gasteiger charge is -2.35. The van der Waals surface area contributed by atoms with Gasteiger partial charge in [-0.1, -0.05) is 100 Å². The van der Waals surface area contributed by atoms with Crippen LogP contribution in [0.2, 0.25) is 5.02 Å². The second kappa shape index (κ2) is 12.2. The fourth-order valence-electron chi connectivity index (χ4n) is 4.59. The predicted octanol–water partition coefficient (Wildman–Crippen LogP) is 8.22. The van der Waals surface area contributed by atoms with E-state index in [-0.39, 0.29) is 18.7 Å². The van der Waals surface area contributed by atoms with Crippen molar-refractivity contribution in [3.05, 3.63) is 134 Å². The van der Waals surface area contributed by atoms with Gasteiger partial charge in [-0.2, -0.15) is 0 Å². The van der Waals surface area contributed by atoms with E-state index in [1.165, 1.54) is 0 Å². The molecule has 1 heterocycles. The lowest BCUT2D eigenvalue weighted by Crippen LogP contribution is -2.35. The maximum Gasteiger partial charge on any atom is 0.407 e. The Morgan fingerprint density at radius 1 is 1.00 bits per heavy atom. The molecule has 5 rings (SSSR count). The summed E-state index contributed by atoms with van der Waals surface area (Å²) < 4.78 is 6.56. The highest BCUT2D eigenvalue weighted by molar-refractivity contribution is 9.10. The second-order valence-electron chi connectivity index (χ2n) is 9.12. The first kappa shape index (κ1) is 25.9. The molecule has 2 atom stereocenters. The molecule has 4 nitrogen and oxygen atoms in total. The van der Waals surface area contributed by atoms with E-state index < -0.39 is 6.09 Å². The molecule has 0 saturated carbocycles. The molecule has 4 aromatic carbocycles. The highest BCUT2D eigenvalue weighted by Gasteiger charge is 2.31. The highest BCUT2D eigenvalue weighted by atomic mass is 79.9. The number of carbonyl (C=O) groups is 1. The van der Waals surface area contributed by atoms with Crippen LogP contribution in [0.4, 0.5) is 10.5 Å². The molecular weight excluding hydrogens is 560 g/mol. The Labute approximate surface area is 236 Å². The molecule has 0 saturated heterocycles. The van der Waals surface area contributed by atoms with E-state index in [0.29, 0.717) is 17.9 Å². The van der Waals surface area contributed by atoms with E-state index >= 15 is 0 Å². The number of anilines is 1. The fourth-order valence-corrected chi connectivity index (χ4v) is 5.11. The first-order chi connectivity index (χ1) is 18.5. The Morgan fingerprint density at radius 2 is 1.71 bits per heavy atom. The first-order valence-corrected chi connectivity index (χ1v) is 13.6.